The molecule has 7 nitrogen and oxygen atoms in total. The van der Waals surface area contributed by atoms with Crippen LogP contribution in [0.2, 0.25) is 0 Å². The molecule has 150 valence electrons. The van der Waals surface area contributed by atoms with E-state index in [-0.39, 0.29) is 25.0 Å². The Balaban J connectivity index is 4.71. The van der Waals surface area contributed by atoms with E-state index in [4.69, 9.17) is 0 Å². The molecule has 0 fully saturated rings. The third-order valence-corrected chi connectivity index (χ3v) is 2.70. The number of Topliss-reactive ketones (excluding diaryl/α,β-unsaturated/α-hetero) is 1. The van der Waals surface area contributed by atoms with Gasteiger partial charge in [0.15, 0.2) is 0 Å². The number of hydrogen-bond acceptors (Lipinski definition) is 5. The van der Waals surface area contributed by atoms with Gasteiger partial charge in [0.1, 0.15) is 11.9 Å². The Hall–Kier alpha value is -2.34. The fraction of sp³-hybridized carbons (Fsp3) is 0.692. The van der Waals surface area contributed by atoms with Gasteiger partial charge in [-0.25, -0.2) is 0 Å². The van der Waals surface area contributed by atoms with Gasteiger partial charge in [0.2, 0.25) is 0 Å². The molecule has 0 spiro atoms. The summed E-state index contributed by atoms with van der Waals surface area (Å²) in [7, 11) is 0. The predicted octanol–water partition coefficient (Wildman–Crippen LogP) is 1.01. The average molecular weight is 394 g/mol. The fourth-order valence-electron chi connectivity index (χ4n) is 1.50. The van der Waals surface area contributed by atoms with Gasteiger partial charge in [-0.15, -0.1) is 0 Å². The molecule has 0 heterocycles. The highest BCUT2D eigenvalue weighted by Crippen LogP contribution is 2.15. The van der Waals surface area contributed by atoms with E-state index < -0.39 is 49.3 Å². The zero-order valence-electron chi connectivity index (χ0n) is 13.4. The van der Waals surface area contributed by atoms with Crippen LogP contribution in [0.25, 0.3) is 0 Å². The number of ether oxygens (including phenoxy) is 1. The lowest BCUT2D eigenvalue weighted by Crippen LogP contribution is -2.47. The van der Waals surface area contributed by atoms with Crippen LogP contribution in [0.5, 0.6) is 0 Å². The van der Waals surface area contributed by atoms with Gasteiger partial charge in [-0.3, -0.25) is 14.4 Å². The third-order valence-electron chi connectivity index (χ3n) is 2.70. The van der Waals surface area contributed by atoms with E-state index in [9.17, 15) is 45.5 Å². The van der Waals surface area contributed by atoms with Crippen molar-refractivity contribution in [2.24, 2.45) is 0 Å². The molecule has 0 aromatic heterocycles. The van der Waals surface area contributed by atoms with E-state index in [1.807, 2.05) is 0 Å². The lowest BCUT2D eigenvalue weighted by Gasteiger charge is -2.20. The van der Waals surface area contributed by atoms with Gasteiger partial charge in [0.05, 0.1) is 13.1 Å². The number of alkyl halides is 6. The quantitative estimate of drug-likeness (QED) is 0.449. The lowest BCUT2D eigenvalue weighted by atomic mass is 10.2. The summed E-state index contributed by atoms with van der Waals surface area (Å²) in [4.78, 5) is 43.7. The summed E-state index contributed by atoms with van der Waals surface area (Å²) in [5, 5.41) is 2.67. The Morgan fingerprint density at radius 3 is 1.62 bits per heavy atom. The van der Waals surface area contributed by atoms with Crippen molar-refractivity contribution in [2.75, 3.05) is 13.1 Å². The van der Waals surface area contributed by atoms with Gasteiger partial charge in [-0.1, -0.05) is 0 Å². The molecule has 0 unspecified atom stereocenters. The van der Waals surface area contributed by atoms with Gasteiger partial charge in [-0.05, 0) is 13.3 Å². The normalized spacial score (nSPS) is 11.8. The van der Waals surface area contributed by atoms with Crippen LogP contribution in [0.4, 0.5) is 26.3 Å². The van der Waals surface area contributed by atoms with Crippen LogP contribution in [0.3, 0.4) is 0 Å². The summed E-state index contributed by atoms with van der Waals surface area (Å²) in [6.45, 7) is -0.697. The second kappa shape index (κ2) is 9.97. The zero-order chi connectivity index (χ0) is 20.5. The molecule has 13 heteroatoms. The molecule has 0 saturated carbocycles. The molecule has 0 aromatic carbocycles. The van der Waals surface area contributed by atoms with Gasteiger partial charge in [0.25, 0.3) is 0 Å². The molecule has 0 saturated heterocycles. The standard InChI is InChI=1S/C13H16F6N2O5/c1-7(22)3-2-4-9(23)26-8(5-20-10(24)12(14,15)16)6-21-11(25)13(17,18)19/h8H,2-6H2,1H3,(H,20,24)(H,21,25). The average Bonchev–Trinajstić information content (AvgIpc) is 2.46. The topological polar surface area (TPSA) is 102 Å². The van der Waals surface area contributed by atoms with E-state index in [0.717, 1.165) is 0 Å². The number of hydrogen-bond donors (Lipinski definition) is 2. The largest absolute Gasteiger partial charge is 0.471 e. The maximum absolute atomic E-state index is 12.1. The smallest absolute Gasteiger partial charge is 0.459 e. The first-order chi connectivity index (χ1) is 11.7. The van der Waals surface area contributed by atoms with Crippen molar-refractivity contribution in [1.29, 1.82) is 0 Å². The zero-order valence-corrected chi connectivity index (χ0v) is 13.4. The van der Waals surface area contributed by atoms with Crippen LogP contribution in [-0.4, -0.2) is 55.1 Å². The van der Waals surface area contributed by atoms with Crippen LogP contribution in [0.1, 0.15) is 26.2 Å². The molecule has 26 heavy (non-hydrogen) atoms. The number of ketones is 1. The van der Waals surface area contributed by atoms with Gasteiger partial charge < -0.3 is 20.2 Å². The first kappa shape index (κ1) is 23.7. The Kier molecular flexibility index (Phi) is 9.07. The summed E-state index contributed by atoms with van der Waals surface area (Å²) in [5.41, 5.74) is 0. The molecule has 2 amide bonds. The first-order valence-corrected chi connectivity index (χ1v) is 7.12. The van der Waals surface area contributed by atoms with Crippen LogP contribution >= 0.6 is 0 Å². The number of esters is 1. The van der Waals surface area contributed by atoms with Crippen LogP contribution in [-0.2, 0) is 23.9 Å². The molecule has 0 aliphatic rings. The minimum Gasteiger partial charge on any atom is -0.459 e. The highest BCUT2D eigenvalue weighted by atomic mass is 19.4. The van der Waals surface area contributed by atoms with Crippen molar-refractivity contribution in [2.45, 2.75) is 44.6 Å². The maximum Gasteiger partial charge on any atom is 0.471 e. The summed E-state index contributed by atoms with van der Waals surface area (Å²) >= 11 is 0. The van der Waals surface area contributed by atoms with E-state index in [1.165, 1.54) is 17.6 Å². The summed E-state index contributed by atoms with van der Waals surface area (Å²) < 4.78 is 77.3. The first-order valence-electron chi connectivity index (χ1n) is 7.12. The van der Waals surface area contributed by atoms with Crippen molar-refractivity contribution in [3.05, 3.63) is 0 Å². The van der Waals surface area contributed by atoms with Crippen molar-refractivity contribution >= 4 is 23.6 Å². The Morgan fingerprint density at radius 2 is 1.27 bits per heavy atom. The van der Waals surface area contributed by atoms with Gasteiger partial charge >= 0.3 is 30.1 Å². The van der Waals surface area contributed by atoms with Crippen molar-refractivity contribution in [3.8, 4) is 0 Å². The Bertz CT molecular complexity index is 502. The Morgan fingerprint density at radius 1 is 0.846 bits per heavy atom. The summed E-state index contributed by atoms with van der Waals surface area (Å²) in [6, 6.07) is 0. The second-order valence-corrected chi connectivity index (χ2v) is 5.08. The van der Waals surface area contributed by atoms with Crippen LogP contribution < -0.4 is 10.6 Å². The maximum atomic E-state index is 12.1. The molecule has 0 aromatic rings. The van der Waals surface area contributed by atoms with E-state index in [1.54, 1.807) is 0 Å². The summed E-state index contributed by atoms with van der Waals surface area (Å²) in [5.74, 6) is -6.03. The molecular formula is C13H16F6N2O5. The highest BCUT2D eigenvalue weighted by molar-refractivity contribution is 5.82. The van der Waals surface area contributed by atoms with Crippen molar-refractivity contribution in [3.63, 3.8) is 0 Å². The molecule has 0 aliphatic carbocycles. The predicted molar refractivity (Wildman–Crippen MR) is 72.5 cm³/mol. The Labute approximate surface area is 143 Å². The van der Waals surface area contributed by atoms with Crippen LogP contribution in [0.15, 0.2) is 0 Å². The molecular weight excluding hydrogens is 378 g/mol. The number of halogens is 6. The van der Waals surface area contributed by atoms with Gasteiger partial charge in [-0.2, -0.15) is 26.3 Å². The number of nitrogens with one attached hydrogen (secondary N) is 2. The van der Waals surface area contributed by atoms with E-state index in [2.05, 4.69) is 4.74 Å². The molecule has 0 bridgehead atoms. The van der Waals surface area contributed by atoms with E-state index >= 15 is 0 Å². The molecule has 0 aliphatic heterocycles. The van der Waals surface area contributed by atoms with Crippen LogP contribution in [0, 0.1) is 0 Å². The van der Waals surface area contributed by atoms with Crippen molar-refractivity contribution in [1.82, 2.24) is 10.6 Å². The monoisotopic (exact) mass is 394 g/mol. The van der Waals surface area contributed by atoms with Gasteiger partial charge in [0, 0.05) is 12.8 Å². The number of rotatable bonds is 9. The molecule has 0 atom stereocenters. The number of carbonyl (C=O) groups is 4. The molecule has 0 rings (SSSR count). The molecule has 2 N–H and O–H groups in total. The van der Waals surface area contributed by atoms with E-state index in [0.29, 0.717) is 0 Å². The second-order valence-electron chi connectivity index (χ2n) is 5.08. The minimum atomic E-state index is -5.24. The SMILES string of the molecule is CC(=O)CCCC(=O)OC(CNC(=O)C(F)(F)F)CNC(=O)C(F)(F)F. The lowest BCUT2D eigenvalue weighted by molar-refractivity contribution is -0.175. The van der Waals surface area contributed by atoms with Crippen molar-refractivity contribution < 1.29 is 50.3 Å². The minimum absolute atomic E-state index is 0.0232. The highest BCUT2D eigenvalue weighted by Gasteiger charge is 2.40. The fourth-order valence-corrected chi connectivity index (χ4v) is 1.50. The number of carbonyl (C=O) groups excluding carboxylic acids is 4. The summed E-state index contributed by atoms with van der Waals surface area (Å²) in [6.07, 6.45) is -12.4. The molecule has 0 radical (unpaired) electrons. The number of amides is 2. The third kappa shape index (κ3) is 10.5.